The van der Waals surface area contributed by atoms with Crippen LogP contribution in [0.4, 0.5) is 0 Å². The molecule has 0 aliphatic rings. The summed E-state index contributed by atoms with van der Waals surface area (Å²) in [6.45, 7) is 5.65. The fraction of sp³-hybridized carbons (Fsp3) is 0.400. The van der Waals surface area contributed by atoms with E-state index in [0.717, 1.165) is 4.47 Å². The maximum atomic E-state index is 11.6. The molecule has 1 atom stereocenters. The third kappa shape index (κ3) is 3.93. The molecule has 1 aromatic rings. The highest BCUT2D eigenvalue weighted by atomic mass is 79.9. The van der Waals surface area contributed by atoms with Crippen LogP contribution in [0, 0.1) is 0 Å². The summed E-state index contributed by atoms with van der Waals surface area (Å²) in [6, 6.07) is 3.69. The number of aromatic nitrogens is 1. The maximum absolute atomic E-state index is 11.6. The quantitative estimate of drug-likeness (QED) is 0.621. The number of rotatable bonds is 2. The van der Waals surface area contributed by atoms with Crippen LogP contribution in [0.5, 0.6) is 0 Å². The molecule has 0 N–H and O–H groups in total. The average Bonchev–Trinajstić information content (AvgIpc) is 2.14. The fourth-order valence-corrected chi connectivity index (χ4v) is 1.62. The highest BCUT2D eigenvalue weighted by Crippen LogP contribution is 2.17. The van der Waals surface area contributed by atoms with Crippen LogP contribution >= 0.6 is 15.9 Å². The van der Waals surface area contributed by atoms with Gasteiger partial charge in [0.1, 0.15) is 22.3 Å². The van der Waals surface area contributed by atoms with Gasteiger partial charge in [-0.2, -0.15) is 0 Å². The number of nitrogens with zero attached hydrogens (tertiary/aromatic N) is 2. The molecule has 0 unspecified atom stereocenters. The van der Waals surface area contributed by atoms with Crippen molar-refractivity contribution < 1.29 is 4.55 Å². The van der Waals surface area contributed by atoms with Crippen molar-refractivity contribution in [1.82, 2.24) is 4.98 Å². The predicted octanol–water partition coefficient (Wildman–Crippen LogP) is 2.73. The van der Waals surface area contributed by atoms with Crippen LogP contribution in [0.1, 0.15) is 26.5 Å². The van der Waals surface area contributed by atoms with E-state index in [1.807, 2.05) is 32.9 Å². The van der Waals surface area contributed by atoms with Gasteiger partial charge < -0.3 is 4.55 Å². The molecule has 0 amide bonds. The van der Waals surface area contributed by atoms with Gasteiger partial charge in [-0.15, -0.1) is 0 Å². The lowest BCUT2D eigenvalue weighted by Crippen LogP contribution is -2.25. The van der Waals surface area contributed by atoms with E-state index in [9.17, 15) is 4.55 Å². The molecule has 3 nitrogen and oxygen atoms in total. The van der Waals surface area contributed by atoms with Gasteiger partial charge in [-0.1, -0.05) is 4.40 Å². The second kappa shape index (κ2) is 5.09. The first-order valence-electron chi connectivity index (χ1n) is 4.48. The standard InChI is InChI=1S/C10H13BrN2OS/c1-10(2,3)15(14)13-7-9-8(11)5-4-6-12-9/h4-7H,1-3H3/b13-7+/t15-/m0/s1. The lowest BCUT2D eigenvalue weighted by atomic mass is 10.3. The molecule has 0 saturated carbocycles. The van der Waals surface area contributed by atoms with Crippen molar-refractivity contribution in [2.45, 2.75) is 25.5 Å². The molecule has 15 heavy (non-hydrogen) atoms. The Morgan fingerprint density at radius 1 is 1.53 bits per heavy atom. The molecule has 0 aliphatic heterocycles. The smallest absolute Gasteiger partial charge is 0.144 e. The number of pyridine rings is 1. The van der Waals surface area contributed by atoms with Crippen LogP contribution in [0.3, 0.4) is 0 Å². The van der Waals surface area contributed by atoms with Gasteiger partial charge >= 0.3 is 0 Å². The molecular formula is C10H13BrN2OS. The van der Waals surface area contributed by atoms with Gasteiger partial charge in [0.15, 0.2) is 0 Å². The van der Waals surface area contributed by atoms with Crippen molar-refractivity contribution in [2.24, 2.45) is 4.40 Å². The first kappa shape index (κ1) is 12.7. The van der Waals surface area contributed by atoms with Gasteiger partial charge in [-0.05, 0) is 48.8 Å². The van der Waals surface area contributed by atoms with Crippen LogP contribution in [0.15, 0.2) is 27.2 Å². The summed E-state index contributed by atoms with van der Waals surface area (Å²) in [5.74, 6) is 0. The SMILES string of the molecule is CC(C)(C)[S@+]([O-])/N=C/c1ncccc1Br. The van der Waals surface area contributed by atoms with E-state index in [4.69, 9.17) is 0 Å². The van der Waals surface area contributed by atoms with Crippen molar-refractivity contribution >= 4 is 33.5 Å². The molecule has 5 heteroatoms. The van der Waals surface area contributed by atoms with E-state index < -0.39 is 11.4 Å². The predicted molar refractivity (Wildman–Crippen MR) is 67.4 cm³/mol. The molecule has 0 saturated heterocycles. The summed E-state index contributed by atoms with van der Waals surface area (Å²) in [7, 11) is 0. The Kier molecular flexibility index (Phi) is 4.31. The second-order valence-corrected chi connectivity index (χ2v) is 6.75. The number of halogens is 1. The monoisotopic (exact) mass is 288 g/mol. The van der Waals surface area contributed by atoms with Gasteiger partial charge in [0.25, 0.3) is 0 Å². The summed E-state index contributed by atoms with van der Waals surface area (Å²) < 4.78 is 16.1. The van der Waals surface area contributed by atoms with Crippen LogP contribution in [0.25, 0.3) is 0 Å². The van der Waals surface area contributed by atoms with Crippen LogP contribution in [0.2, 0.25) is 0 Å². The maximum Gasteiger partial charge on any atom is 0.144 e. The van der Waals surface area contributed by atoms with Gasteiger partial charge in [0.05, 0.1) is 5.69 Å². The largest absolute Gasteiger partial charge is 0.591 e. The van der Waals surface area contributed by atoms with Gasteiger partial charge in [0.2, 0.25) is 0 Å². The average molecular weight is 289 g/mol. The molecule has 1 aromatic heterocycles. The highest BCUT2D eigenvalue weighted by Gasteiger charge is 2.25. The third-order valence-electron chi connectivity index (χ3n) is 1.58. The normalized spacial score (nSPS) is 14.5. The zero-order chi connectivity index (χ0) is 11.5. The molecule has 0 radical (unpaired) electrons. The van der Waals surface area contributed by atoms with Crippen molar-refractivity contribution in [2.75, 3.05) is 0 Å². The summed E-state index contributed by atoms with van der Waals surface area (Å²) in [5, 5.41) is 0. The van der Waals surface area contributed by atoms with Crippen LogP contribution < -0.4 is 0 Å². The molecular weight excluding hydrogens is 276 g/mol. The molecule has 0 bridgehead atoms. The zero-order valence-corrected chi connectivity index (χ0v) is 11.3. The molecule has 1 rings (SSSR count). The van der Waals surface area contributed by atoms with Gasteiger partial charge in [0, 0.05) is 10.7 Å². The lowest BCUT2D eigenvalue weighted by molar-refractivity contribution is 0.562. The van der Waals surface area contributed by atoms with Crippen molar-refractivity contribution in [3.05, 3.63) is 28.5 Å². The van der Waals surface area contributed by atoms with Crippen LogP contribution in [-0.4, -0.2) is 20.5 Å². The Bertz CT molecular complexity index is 363. The van der Waals surface area contributed by atoms with E-state index in [0.29, 0.717) is 5.69 Å². The van der Waals surface area contributed by atoms with Gasteiger partial charge in [-0.25, -0.2) is 0 Å². The Morgan fingerprint density at radius 2 is 2.20 bits per heavy atom. The summed E-state index contributed by atoms with van der Waals surface area (Å²) in [6.07, 6.45) is 3.21. The van der Waals surface area contributed by atoms with Gasteiger partial charge in [-0.3, -0.25) is 4.98 Å². The molecule has 1 heterocycles. The fourth-order valence-electron chi connectivity index (χ4n) is 0.749. The Balaban J connectivity index is 2.79. The summed E-state index contributed by atoms with van der Waals surface area (Å²) >= 11 is 2.11. The zero-order valence-electron chi connectivity index (χ0n) is 8.90. The first-order chi connectivity index (χ1) is 6.91. The highest BCUT2D eigenvalue weighted by molar-refractivity contribution is 9.10. The number of hydrogen-bond acceptors (Lipinski definition) is 3. The summed E-state index contributed by atoms with van der Waals surface area (Å²) in [4.78, 5) is 4.10. The minimum atomic E-state index is -1.24. The van der Waals surface area contributed by atoms with E-state index in [1.165, 1.54) is 6.21 Å². The Labute approximate surface area is 101 Å². The first-order valence-corrected chi connectivity index (χ1v) is 6.38. The molecule has 0 aromatic carbocycles. The Morgan fingerprint density at radius 3 is 2.73 bits per heavy atom. The third-order valence-corrected chi connectivity index (χ3v) is 3.60. The van der Waals surface area contributed by atoms with E-state index in [2.05, 4.69) is 25.3 Å². The Hall–Kier alpha value is -0.390. The second-order valence-electron chi connectivity index (χ2n) is 3.97. The lowest BCUT2D eigenvalue weighted by Gasteiger charge is -2.17. The van der Waals surface area contributed by atoms with Crippen LogP contribution in [-0.2, 0) is 11.4 Å². The van der Waals surface area contributed by atoms with E-state index in [1.54, 1.807) is 6.20 Å². The van der Waals surface area contributed by atoms with Crippen molar-refractivity contribution in [3.63, 3.8) is 0 Å². The van der Waals surface area contributed by atoms with E-state index in [-0.39, 0.29) is 4.75 Å². The minimum Gasteiger partial charge on any atom is -0.591 e. The minimum absolute atomic E-state index is 0.336. The van der Waals surface area contributed by atoms with Crippen molar-refractivity contribution in [1.29, 1.82) is 0 Å². The van der Waals surface area contributed by atoms with E-state index >= 15 is 0 Å². The molecule has 0 aliphatic carbocycles. The molecule has 0 fully saturated rings. The van der Waals surface area contributed by atoms with Crippen molar-refractivity contribution in [3.8, 4) is 0 Å². The molecule has 0 spiro atoms. The number of hydrogen-bond donors (Lipinski definition) is 0. The topological polar surface area (TPSA) is 48.3 Å². The molecule has 82 valence electrons. The summed E-state index contributed by atoms with van der Waals surface area (Å²) in [5.41, 5.74) is 0.690.